The minimum Gasteiger partial charge on any atom is -0.344 e. The van der Waals surface area contributed by atoms with Gasteiger partial charge in [-0.15, -0.1) is 10.2 Å². The molecule has 0 atom stereocenters. The first-order chi connectivity index (χ1) is 14.9. The Morgan fingerprint density at radius 3 is 2.70 bits per heavy atom. The van der Waals surface area contributed by atoms with Gasteiger partial charge in [-0.05, 0) is 12.8 Å². The van der Waals surface area contributed by atoms with Gasteiger partial charge in [-0.2, -0.15) is 0 Å². The first-order valence-electron chi connectivity index (χ1n) is 10.3. The van der Waals surface area contributed by atoms with Crippen molar-refractivity contribution in [2.75, 3.05) is 4.90 Å². The molecule has 1 aliphatic heterocycles. The maximum Gasteiger partial charge on any atom is 0.165 e. The van der Waals surface area contributed by atoms with Gasteiger partial charge in [0.25, 0.3) is 0 Å². The van der Waals surface area contributed by atoms with E-state index in [-0.39, 0.29) is 0 Å². The van der Waals surface area contributed by atoms with E-state index < -0.39 is 0 Å². The number of aromatic nitrogens is 7. The molecule has 148 valence electrons. The van der Waals surface area contributed by atoms with Crippen LogP contribution in [-0.4, -0.2) is 40.7 Å². The normalized spacial score (nSPS) is 15.8. The van der Waals surface area contributed by atoms with Gasteiger partial charge in [-0.1, -0.05) is 43.2 Å². The third-order valence-corrected chi connectivity index (χ3v) is 5.98. The van der Waals surface area contributed by atoms with Crippen LogP contribution in [0.2, 0.25) is 0 Å². The van der Waals surface area contributed by atoms with Gasteiger partial charge >= 0.3 is 0 Å². The van der Waals surface area contributed by atoms with Crippen LogP contribution in [0.3, 0.4) is 0 Å². The highest BCUT2D eigenvalue weighted by molar-refractivity contribution is 5.77. The first kappa shape index (κ1) is 17.2. The Labute approximate surface area is 173 Å². The third kappa shape index (κ3) is 2.75. The van der Waals surface area contributed by atoms with Crippen molar-refractivity contribution in [2.45, 2.75) is 38.3 Å². The van der Waals surface area contributed by atoms with Crippen LogP contribution in [0.1, 0.15) is 31.5 Å². The second kappa shape index (κ2) is 6.98. The fourth-order valence-electron chi connectivity index (χ4n) is 4.51. The summed E-state index contributed by atoms with van der Waals surface area (Å²) in [5.41, 5.74) is 3.60. The van der Waals surface area contributed by atoms with Gasteiger partial charge in [0, 0.05) is 17.8 Å². The van der Waals surface area contributed by atoms with Crippen molar-refractivity contribution < 1.29 is 0 Å². The quantitative estimate of drug-likeness (QED) is 0.524. The van der Waals surface area contributed by atoms with Crippen molar-refractivity contribution in [2.24, 2.45) is 0 Å². The predicted octanol–water partition coefficient (Wildman–Crippen LogP) is 3.44. The summed E-state index contributed by atoms with van der Waals surface area (Å²) in [6.45, 7) is 0.713. The molecule has 0 amide bonds. The summed E-state index contributed by atoms with van der Waals surface area (Å²) < 4.78 is 1.99. The van der Waals surface area contributed by atoms with E-state index in [0.717, 1.165) is 34.2 Å². The van der Waals surface area contributed by atoms with E-state index in [1.807, 2.05) is 41.1 Å². The molecule has 1 fully saturated rings. The van der Waals surface area contributed by atoms with Crippen molar-refractivity contribution in [1.82, 2.24) is 34.7 Å². The molecule has 0 unspecified atom stereocenters. The second-order valence-electron chi connectivity index (χ2n) is 7.74. The van der Waals surface area contributed by atoms with Crippen LogP contribution in [0.5, 0.6) is 0 Å². The molecule has 4 heterocycles. The topological polar surface area (TPSA) is 85.5 Å². The first-order valence-corrected chi connectivity index (χ1v) is 10.3. The molecule has 30 heavy (non-hydrogen) atoms. The molecule has 0 bridgehead atoms. The fourth-order valence-corrected chi connectivity index (χ4v) is 4.51. The Bertz CT molecular complexity index is 1200. The van der Waals surface area contributed by atoms with Gasteiger partial charge < -0.3 is 4.90 Å². The smallest absolute Gasteiger partial charge is 0.165 e. The Balaban J connectivity index is 1.50. The SMILES string of the molecule is c1ccc(-c2ncncc2-c2ncc3c(n2)N(C2CCCC2)Cc2nncn2-3)cc1. The van der Waals surface area contributed by atoms with E-state index in [0.29, 0.717) is 18.4 Å². The van der Waals surface area contributed by atoms with Gasteiger partial charge in [-0.25, -0.2) is 19.9 Å². The molecular weight excluding hydrogens is 376 g/mol. The zero-order chi connectivity index (χ0) is 19.9. The Morgan fingerprint density at radius 2 is 1.83 bits per heavy atom. The lowest BCUT2D eigenvalue weighted by atomic mass is 10.1. The summed E-state index contributed by atoms with van der Waals surface area (Å²) in [6.07, 6.45) is 11.8. The molecule has 8 nitrogen and oxygen atoms in total. The van der Waals surface area contributed by atoms with Gasteiger partial charge in [-0.3, -0.25) is 4.57 Å². The maximum atomic E-state index is 5.03. The number of nitrogens with zero attached hydrogens (tertiary/aromatic N) is 8. The van der Waals surface area contributed by atoms with E-state index in [1.165, 1.54) is 25.7 Å². The highest BCUT2D eigenvalue weighted by Crippen LogP contribution is 2.37. The average molecular weight is 396 g/mol. The van der Waals surface area contributed by atoms with Crippen LogP contribution < -0.4 is 4.90 Å². The fraction of sp³-hybridized carbons (Fsp3) is 0.273. The Morgan fingerprint density at radius 1 is 0.967 bits per heavy atom. The van der Waals surface area contributed by atoms with Gasteiger partial charge in [0.1, 0.15) is 18.3 Å². The molecular formula is C22H20N8. The van der Waals surface area contributed by atoms with Crippen LogP contribution >= 0.6 is 0 Å². The van der Waals surface area contributed by atoms with Gasteiger partial charge in [0.05, 0.1) is 24.0 Å². The number of hydrogen-bond acceptors (Lipinski definition) is 7. The minimum atomic E-state index is 0.470. The number of rotatable bonds is 3. The number of hydrogen-bond donors (Lipinski definition) is 0. The van der Waals surface area contributed by atoms with E-state index in [1.54, 1.807) is 18.9 Å². The number of anilines is 1. The largest absolute Gasteiger partial charge is 0.344 e. The maximum absolute atomic E-state index is 5.03. The van der Waals surface area contributed by atoms with Gasteiger partial charge in [0.15, 0.2) is 17.5 Å². The highest BCUT2D eigenvalue weighted by Gasteiger charge is 2.32. The van der Waals surface area contributed by atoms with E-state index >= 15 is 0 Å². The summed E-state index contributed by atoms with van der Waals surface area (Å²) in [4.78, 5) is 20.9. The molecule has 1 saturated carbocycles. The number of benzene rings is 1. The summed E-state index contributed by atoms with van der Waals surface area (Å²) in [6, 6.07) is 10.6. The van der Waals surface area contributed by atoms with Crippen molar-refractivity contribution in [3.63, 3.8) is 0 Å². The highest BCUT2D eigenvalue weighted by atomic mass is 15.4. The minimum absolute atomic E-state index is 0.470. The van der Waals surface area contributed by atoms with Crippen LogP contribution in [-0.2, 0) is 6.54 Å². The molecule has 6 rings (SSSR count). The summed E-state index contributed by atoms with van der Waals surface area (Å²) in [7, 11) is 0. The van der Waals surface area contributed by atoms with E-state index in [9.17, 15) is 0 Å². The summed E-state index contributed by atoms with van der Waals surface area (Å²) in [5, 5.41) is 8.42. The van der Waals surface area contributed by atoms with Crippen molar-refractivity contribution in [3.05, 3.63) is 61.2 Å². The zero-order valence-electron chi connectivity index (χ0n) is 16.4. The average Bonchev–Trinajstić information content (AvgIpc) is 3.51. The van der Waals surface area contributed by atoms with Crippen molar-refractivity contribution >= 4 is 5.82 Å². The number of fused-ring (bicyclic) bond motifs is 3. The molecule has 8 heteroatoms. The molecule has 1 aromatic carbocycles. The molecule has 2 aliphatic rings. The predicted molar refractivity (Wildman–Crippen MR) is 112 cm³/mol. The monoisotopic (exact) mass is 396 g/mol. The van der Waals surface area contributed by atoms with Crippen LogP contribution in [0, 0.1) is 0 Å². The van der Waals surface area contributed by atoms with Crippen molar-refractivity contribution in [3.8, 4) is 28.3 Å². The van der Waals surface area contributed by atoms with Gasteiger partial charge in [0.2, 0.25) is 0 Å². The zero-order valence-corrected chi connectivity index (χ0v) is 16.4. The van der Waals surface area contributed by atoms with E-state index in [2.05, 4.69) is 25.1 Å². The lowest BCUT2D eigenvalue weighted by Crippen LogP contribution is -2.38. The summed E-state index contributed by atoms with van der Waals surface area (Å²) >= 11 is 0. The second-order valence-corrected chi connectivity index (χ2v) is 7.74. The molecule has 1 aliphatic carbocycles. The van der Waals surface area contributed by atoms with Crippen LogP contribution in [0.15, 0.2) is 55.4 Å². The molecule has 0 radical (unpaired) electrons. The molecule has 0 saturated heterocycles. The van der Waals surface area contributed by atoms with Crippen molar-refractivity contribution in [1.29, 1.82) is 0 Å². The molecule has 0 spiro atoms. The molecule has 4 aromatic rings. The van der Waals surface area contributed by atoms with Crippen LogP contribution in [0.4, 0.5) is 5.82 Å². The summed E-state index contributed by atoms with van der Waals surface area (Å²) in [5.74, 6) is 2.49. The lowest BCUT2D eigenvalue weighted by molar-refractivity contribution is 0.567. The van der Waals surface area contributed by atoms with E-state index in [4.69, 9.17) is 9.97 Å². The molecule has 0 N–H and O–H groups in total. The standard InChI is InChI=1S/C22H20N8/c1-2-6-15(7-3-1)20-17(10-23-13-25-20)21-24-11-18-22(27-21)29(16-8-4-5-9-16)12-19-28-26-14-30(18)19/h1-3,6-7,10-11,13-14,16H,4-5,8-9,12H2. The Hall–Kier alpha value is -3.68. The Kier molecular flexibility index (Phi) is 4.00. The molecule has 3 aromatic heterocycles. The van der Waals surface area contributed by atoms with Crippen LogP contribution in [0.25, 0.3) is 28.3 Å². The third-order valence-electron chi connectivity index (χ3n) is 5.98. The lowest BCUT2D eigenvalue weighted by Gasteiger charge is -2.34.